The highest BCUT2D eigenvalue weighted by Crippen LogP contribution is 2.23. The predicted octanol–water partition coefficient (Wildman–Crippen LogP) is 1.07. The Balaban J connectivity index is 2.57. The van der Waals surface area contributed by atoms with Gasteiger partial charge in [0.15, 0.2) is 9.84 Å². The van der Waals surface area contributed by atoms with Crippen molar-refractivity contribution < 1.29 is 13.2 Å². The summed E-state index contributed by atoms with van der Waals surface area (Å²) in [4.78, 5) is 13.5. The second kappa shape index (κ2) is 4.35. The fraction of sp³-hybridized carbons (Fsp3) is 0.909. The van der Waals surface area contributed by atoms with Crippen molar-refractivity contribution in [1.29, 1.82) is 0 Å². The Kier molecular flexibility index (Phi) is 3.67. The molecule has 0 radical (unpaired) electrons. The van der Waals surface area contributed by atoms with E-state index in [1.165, 1.54) is 6.26 Å². The van der Waals surface area contributed by atoms with Crippen LogP contribution in [0, 0.1) is 5.41 Å². The average Bonchev–Trinajstić information content (AvgIpc) is 2.46. The van der Waals surface area contributed by atoms with E-state index >= 15 is 0 Å². The van der Waals surface area contributed by atoms with Crippen molar-refractivity contribution in [1.82, 2.24) is 4.90 Å². The molecule has 1 saturated heterocycles. The summed E-state index contributed by atoms with van der Waals surface area (Å²) >= 11 is 0. The highest BCUT2D eigenvalue weighted by Gasteiger charge is 2.33. The summed E-state index contributed by atoms with van der Waals surface area (Å²) in [6.07, 6.45) is 2.30. The normalized spacial score (nSPS) is 22.5. The van der Waals surface area contributed by atoms with Gasteiger partial charge in [-0.05, 0) is 11.8 Å². The van der Waals surface area contributed by atoms with Crippen LogP contribution in [0.1, 0.15) is 33.6 Å². The monoisotopic (exact) mass is 247 g/mol. The zero-order valence-electron chi connectivity index (χ0n) is 10.5. The Bertz CT molecular complexity index is 367. The molecule has 0 aromatic rings. The first-order valence-corrected chi connectivity index (χ1v) is 7.52. The fourth-order valence-electron chi connectivity index (χ4n) is 1.87. The topological polar surface area (TPSA) is 54.5 Å². The van der Waals surface area contributed by atoms with Crippen LogP contribution in [0.2, 0.25) is 0 Å². The van der Waals surface area contributed by atoms with Crippen molar-refractivity contribution in [3.63, 3.8) is 0 Å². The third-order valence-corrected chi connectivity index (χ3v) is 4.38. The Hall–Kier alpha value is -0.580. The molecule has 1 aliphatic heterocycles. The van der Waals surface area contributed by atoms with Crippen LogP contribution >= 0.6 is 0 Å². The van der Waals surface area contributed by atoms with Crippen LogP contribution in [0.4, 0.5) is 0 Å². The van der Waals surface area contributed by atoms with Gasteiger partial charge in [0, 0.05) is 25.8 Å². The molecule has 1 amide bonds. The first-order valence-electron chi connectivity index (χ1n) is 5.56. The number of hydrogen-bond acceptors (Lipinski definition) is 3. The third-order valence-electron chi connectivity index (χ3n) is 2.78. The molecule has 0 spiro atoms. The molecule has 1 rings (SSSR count). The number of amides is 1. The largest absolute Gasteiger partial charge is 0.341 e. The lowest BCUT2D eigenvalue weighted by molar-refractivity contribution is -0.131. The summed E-state index contributed by atoms with van der Waals surface area (Å²) < 4.78 is 22.7. The maximum atomic E-state index is 11.9. The van der Waals surface area contributed by atoms with Crippen LogP contribution in [0.15, 0.2) is 0 Å². The van der Waals surface area contributed by atoms with Crippen LogP contribution in [-0.4, -0.2) is 43.8 Å². The maximum Gasteiger partial charge on any atom is 0.223 e. The van der Waals surface area contributed by atoms with Crippen LogP contribution < -0.4 is 0 Å². The Labute approximate surface area is 97.9 Å². The van der Waals surface area contributed by atoms with Gasteiger partial charge in [-0.1, -0.05) is 20.8 Å². The number of carbonyl (C=O) groups excluding carboxylic acids is 1. The lowest BCUT2D eigenvalue weighted by Gasteiger charge is -2.22. The number of nitrogens with zero attached hydrogens (tertiary/aromatic N) is 1. The molecular formula is C11H21NO3S. The standard InChI is InChI=1S/C11H21NO3S/c1-11(2,3)7-10(13)12-6-5-9(8-12)16(4,14)15/h9H,5-8H2,1-4H3. The van der Waals surface area contributed by atoms with Crippen LogP contribution in [0.5, 0.6) is 0 Å². The second-order valence-corrected chi connectivity index (χ2v) is 8.14. The van der Waals surface area contributed by atoms with Gasteiger partial charge in [0.2, 0.25) is 5.91 Å². The first kappa shape index (κ1) is 13.5. The maximum absolute atomic E-state index is 11.9. The zero-order chi connectivity index (χ0) is 12.6. The van der Waals surface area contributed by atoms with E-state index in [9.17, 15) is 13.2 Å². The van der Waals surface area contributed by atoms with Gasteiger partial charge >= 0.3 is 0 Å². The molecule has 94 valence electrons. The quantitative estimate of drug-likeness (QED) is 0.733. The zero-order valence-corrected chi connectivity index (χ0v) is 11.3. The van der Waals surface area contributed by atoms with Crippen molar-refractivity contribution in [2.75, 3.05) is 19.3 Å². The minimum atomic E-state index is -3.01. The number of sulfone groups is 1. The average molecular weight is 247 g/mol. The van der Waals surface area contributed by atoms with E-state index in [4.69, 9.17) is 0 Å². The van der Waals surface area contributed by atoms with Crippen LogP contribution in [0.3, 0.4) is 0 Å². The molecule has 0 aromatic heterocycles. The van der Waals surface area contributed by atoms with E-state index in [0.29, 0.717) is 25.9 Å². The van der Waals surface area contributed by atoms with E-state index < -0.39 is 9.84 Å². The number of rotatable bonds is 2. The summed E-state index contributed by atoms with van der Waals surface area (Å²) in [5, 5.41) is -0.364. The smallest absolute Gasteiger partial charge is 0.223 e. The summed E-state index contributed by atoms with van der Waals surface area (Å²) in [6.45, 7) is 6.97. The molecule has 0 aromatic carbocycles. The number of carbonyl (C=O) groups is 1. The lowest BCUT2D eigenvalue weighted by Crippen LogP contribution is -2.33. The minimum Gasteiger partial charge on any atom is -0.341 e. The number of hydrogen-bond donors (Lipinski definition) is 0. The van der Waals surface area contributed by atoms with Gasteiger partial charge in [0.25, 0.3) is 0 Å². The van der Waals surface area contributed by atoms with Crippen molar-refractivity contribution in [2.45, 2.75) is 38.9 Å². The van der Waals surface area contributed by atoms with E-state index in [1.807, 2.05) is 20.8 Å². The molecule has 1 unspecified atom stereocenters. The fourth-order valence-corrected chi connectivity index (χ4v) is 2.85. The number of likely N-dealkylation sites (tertiary alicyclic amines) is 1. The van der Waals surface area contributed by atoms with Gasteiger partial charge < -0.3 is 4.90 Å². The molecule has 16 heavy (non-hydrogen) atoms. The van der Waals surface area contributed by atoms with Crippen LogP contribution in [0.25, 0.3) is 0 Å². The third kappa shape index (κ3) is 3.77. The van der Waals surface area contributed by atoms with Gasteiger partial charge in [-0.2, -0.15) is 0 Å². The predicted molar refractivity (Wildman–Crippen MR) is 63.9 cm³/mol. The molecule has 1 heterocycles. The molecule has 1 fully saturated rings. The first-order chi connectivity index (χ1) is 7.09. The van der Waals surface area contributed by atoms with Gasteiger partial charge in [-0.3, -0.25) is 4.79 Å². The van der Waals surface area contributed by atoms with Crippen molar-refractivity contribution in [3.8, 4) is 0 Å². The van der Waals surface area contributed by atoms with E-state index in [-0.39, 0.29) is 16.6 Å². The molecule has 5 heteroatoms. The van der Waals surface area contributed by atoms with E-state index in [2.05, 4.69) is 0 Å². The molecule has 0 saturated carbocycles. The molecule has 4 nitrogen and oxygen atoms in total. The highest BCUT2D eigenvalue weighted by molar-refractivity contribution is 7.91. The van der Waals surface area contributed by atoms with E-state index in [0.717, 1.165) is 0 Å². The van der Waals surface area contributed by atoms with E-state index in [1.54, 1.807) is 4.90 Å². The molecule has 0 bridgehead atoms. The van der Waals surface area contributed by atoms with Crippen molar-refractivity contribution in [3.05, 3.63) is 0 Å². The summed E-state index contributed by atoms with van der Waals surface area (Å²) in [6, 6.07) is 0. The highest BCUT2D eigenvalue weighted by atomic mass is 32.2. The molecular weight excluding hydrogens is 226 g/mol. The molecule has 0 N–H and O–H groups in total. The van der Waals surface area contributed by atoms with Gasteiger partial charge in [-0.25, -0.2) is 8.42 Å². The van der Waals surface area contributed by atoms with Gasteiger partial charge in [0.1, 0.15) is 0 Å². The SMILES string of the molecule is CC(C)(C)CC(=O)N1CCC(S(C)(=O)=O)C1. The minimum absolute atomic E-state index is 0.0414. The Morgan fingerprint density at radius 2 is 1.94 bits per heavy atom. The van der Waals surface area contributed by atoms with Crippen molar-refractivity contribution >= 4 is 15.7 Å². The Morgan fingerprint density at radius 3 is 2.31 bits per heavy atom. The summed E-state index contributed by atoms with van der Waals surface area (Å²) in [5.41, 5.74) is -0.0414. The van der Waals surface area contributed by atoms with Crippen molar-refractivity contribution in [2.24, 2.45) is 5.41 Å². The molecule has 1 aliphatic rings. The van der Waals surface area contributed by atoms with Gasteiger partial charge in [0.05, 0.1) is 5.25 Å². The Morgan fingerprint density at radius 1 is 1.38 bits per heavy atom. The lowest BCUT2D eigenvalue weighted by atomic mass is 9.92. The molecule has 0 aliphatic carbocycles. The second-order valence-electron chi connectivity index (χ2n) is 5.82. The van der Waals surface area contributed by atoms with Gasteiger partial charge in [-0.15, -0.1) is 0 Å². The summed E-state index contributed by atoms with van der Waals surface area (Å²) in [5.74, 6) is 0.0682. The molecule has 1 atom stereocenters. The van der Waals surface area contributed by atoms with Crippen LogP contribution in [-0.2, 0) is 14.6 Å². The summed E-state index contributed by atoms with van der Waals surface area (Å²) in [7, 11) is -3.01.